The van der Waals surface area contributed by atoms with E-state index in [4.69, 9.17) is 0 Å². The summed E-state index contributed by atoms with van der Waals surface area (Å²) in [6.45, 7) is 5.39. The molecule has 0 saturated heterocycles. The number of allylic oxidation sites excluding steroid dienone is 1. The first-order valence-electron chi connectivity index (χ1n) is 9.48. The number of carbonyl (C=O) groups is 1. The maximum atomic E-state index is 14.4. The lowest BCUT2D eigenvalue weighted by Crippen LogP contribution is -2.13. The number of carboxylic acids is 1. The molecular weight excluding hydrogens is 429 g/mol. The number of benzene rings is 2. The maximum Gasteiger partial charge on any atom is 0.416 e. The van der Waals surface area contributed by atoms with Gasteiger partial charge in [0.15, 0.2) is 0 Å². The summed E-state index contributed by atoms with van der Waals surface area (Å²) < 4.78 is 66.5. The molecule has 3 rings (SSSR count). The second-order valence-corrected chi connectivity index (χ2v) is 7.42. The van der Waals surface area contributed by atoms with Crippen LogP contribution in [0, 0.1) is 11.6 Å². The molecule has 0 aliphatic rings. The van der Waals surface area contributed by atoms with E-state index in [2.05, 4.69) is 11.6 Å². The zero-order valence-electron chi connectivity index (χ0n) is 16.9. The molecule has 0 fully saturated rings. The predicted molar refractivity (Wildman–Crippen MR) is 110 cm³/mol. The Hall–Kier alpha value is -3.55. The van der Waals surface area contributed by atoms with Crippen molar-refractivity contribution >= 4 is 5.97 Å². The van der Waals surface area contributed by atoms with Crippen molar-refractivity contribution in [2.75, 3.05) is 0 Å². The van der Waals surface area contributed by atoms with Crippen molar-refractivity contribution in [2.24, 2.45) is 0 Å². The number of aliphatic carboxylic acids is 1. The van der Waals surface area contributed by atoms with Crippen LogP contribution >= 0.6 is 0 Å². The lowest BCUT2D eigenvalue weighted by molar-refractivity contribution is -0.139. The quantitative estimate of drug-likeness (QED) is 0.332. The predicted octanol–water partition coefficient (Wildman–Crippen LogP) is 6.85. The van der Waals surface area contributed by atoms with Crippen LogP contribution in [0.5, 0.6) is 0 Å². The van der Waals surface area contributed by atoms with Gasteiger partial charge in [0.05, 0.1) is 22.9 Å². The smallest absolute Gasteiger partial charge is 0.416 e. The minimum absolute atomic E-state index is 0.0304. The van der Waals surface area contributed by atoms with E-state index in [1.165, 1.54) is 30.3 Å². The van der Waals surface area contributed by atoms with E-state index in [1.807, 2.05) is 0 Å². The molecule has 3 aromatic rings. The van der Waals surface area contributed by atoms with E-state index in [-0.39, 0.29) is 34.5 Å². The van der Waals surface area contributed by atoms with E-state index >= 15 is 0 Å². The number of pyridine rings is 1. The molecule has 1 unspecified atom stereocenters. The lowest BCUT2D eigenvalue weighted by atomic mass is 9.91. The van der Waals surface area contributed by atoms with Gasteiger partial charge < -0.3 is 5.11 Å². The van der Waals surface area contributed by atoms with Crippen LogP contribution in [0.4, 0.5) is 22.0 Å². The third kappa shape index (κ3) is 5.19. The molecule has 1 atom stereocenters. The fourth-order valence-corrected chi connectivity index (χ4v) is 3.26. The zero-order valence-corrected chi connectivity index (χ0v) is 16.9. The zero-order chi connectivity index (χ0) is 23.6. The summed E-state index contributed by atoms with van der Waals surface area (Å²) in [7, 11) is 0. The Bertz CT molecular complexity index is 1170. The van der Waals surface area contributed by atoms with Crippen LogP contribution in [0.15, 0.2) is 66.7 Å². The molecule has 166 valence electrons. The van der Waals surface area contributed by atoms with E-state index in [9.17, 15) is 31.9 Å². The molecule has 0 aliphatic carbocycles. The Kier molecular flexibility index (Phi) is 6.43. The second kappa shape index (κ2) is 8.90. The average molecular weight is 447 g/mol. The van der Waals surface area contributed by atoms with E-state index in [0.29, 0.717) is 11.6 Å². The van der Waals surface area contributed by atoms with Crippen LogP contribution < -0.4 is 0 Å². The van der Waals surface area contributed by atoms with Crippen molar-refractivity contribution in [1.29, 1.82) is 0 Å². The summed E-state index contributed by atoms with van der Waals surface area (Å²) in [4.78, 5) is 16.2. The first-order valence-corrected chi connectivity index (χ1v) is 9.48. The van der Waals surface area contributed by atoms with Gasteiger partial charge >= 0.3 is 12.1 Å². The van der Waals surface area contributed by atoms with E-state index in [0.717, 1.165) is 18.2 Å². The molecule has 0 radical (unpaired) electrons. The number of hydrogen-bond donors (Lipinski definition) is 1. The summed E-state index contributed by atoms with van der Waals surface area (Å²) in [5.74, 6) is -3.88. The van der Waals surface area contributed by atoms with Crippen LogP contribution in [-0.2, 0) is 11.0 Å². The first kappa shape index (κ1) is 23.1. The van der Waals surface area contributed by atoms with Gasteiger partial charge in [0.1, 0.15) is 11.6 Å². The second-order valence-electron chi connectivity index (χ2n) is 7.42. The van der Waals surface area contributed by atoms with Gasteiger partial charge in [-0.25, -0.2) is 13.8 Å². The SMILES string of the molecule is C=C(C)CC(C(=O)O)c1cc(-c2ccc(C(F)(F)F)cc2)nc(-c2ccc(F)cc2F)c1. The van der Waals surface area contributed by atoms with Gasteiger partial charge in [-0.05, 0) is 55.3 Å². The van der Waals surface area contributed by atoms with Gasteiger partial charge in [-0.2, -0.15) is 13.2 Å². The van der Waals surface area contributed by atoms with E-state index in [1.54, 1.807) is 6.92 Å². The standard InChI is InChI=1S/C24H18F5NO2/c1-13(2)9-19(23(31)32)15-10-21(14-3-5-16(6-4-14)24(27,28)29)30-22(11-15)18-8-7-17(25)12-20(18)26/h3-8,10-12,19H,1,9H2,2H3,(H,31,32). The van der Waals surface area contributed by atoms with Crippen molar-refractivity contribution < 1.29 is 31.9 Å². The molecule has 0 aliphatic heterocycles. The number of carboxylic acid groups (broad SMARTS) is 1. The molecule has 32 heavy (non-hydrogen) atoms. The molecule has 0 amide bonds. The van der Waals surface area contributed by atoms with Gasteiger partial charge in [0.2, 0.25) is 0 Å². The molecule has 1 N–H and O–H groups in total. The minimum atomic E-state index is -4.52. The number of rotatable bonds is 6. The molecule has 0 bridgehead atoms. The highest BCUT2D eigenvalue weighted by Crippen LogP contribution is 2.34. The summed E-state index contributed by atoms with van der Waals surface area (Å²) in [6, 6.07) is 9.86. The number of hydrogen-bond acceptors (Lipinski definition) is 2. The Morgan fingerprint density at radius 1 is 1.03 bits per heavy atom. The van der Waals surface area contributed by atoms with Crippen LogP contribution in [0.1, 0.15) is 30.4 Å². The lowest BCUT2D eigenvalue weighted by Gasteiger charge is -2.16. The van der Waals surface area contributed by atoms with Crippen LogP contribution in [0.2, 0.25) is 0 Å². The number of nitrogens with zero attached hydrogens (tertiary/aromatic N) is 1. The summed E-state index contributed by atoms with van der Waals surface area (Å²) >= 11 is 0. The molecule has 2 aromatic carbocycles. The number of aromatic nitrogens is 1. The van der Waals surface area contributed by atoms with Gasteiger partial charge in [0, 0.05) is 17.2 Å². The maximum absolute atomic E-state index is 14.4. The molecular formula is C24H18F5NO2. The highest BCUT2D eigenvalue weighted by molar-refractivity contribution is 5.79. The van der Waals surface area contributed by atoms with Crippen molar-refractivity contribution in [3.63, 3.8) is 0 Å². The molecule has 0 spiro atoms. The number of halogens is 5. The Morgan fingerprint density at radius 3 is 2.19 bits per heavy atom. The third-order valence-corrected chi connectivity index (χ3v) is 4.82. The van der Waals surface area contributed by atoms with Crippen molar-refractivity contribution in [3.8, 4) is 22.5 Å². The Morgan fingerprint density at radius 2 is 1.66 bits per heavy atom. The summed E-state index contributed by atoms with van der Waals surface area (Å²) in [5.41, 5.74) is 0.409. The van der Waals surface area contributed by atoms with Gasteiger partial charge in [-0.15, -0.1) is 6.58 Å². The third-order valence-electron chi connectivity index (χ3n) is 4.82. The molecule has 0 saturated carbocycles. The monoisotopic (exact) mass is 447 g/mol. The molecule has 8 heteroatoms. The summed E-state index contributed by atoms with van der Waals surface area (Å²) in [5, 5.41) is 9.71. The Balaban J connectivity index is 2.20. The normalized spacial score (nSPS) is 12.4. The number of alkyl halides is 3. The fourth-order valence-electron chi connectivity index (χ4n) is 3.26. The van der Waals surface area contributed by atoms with E-state index < -0.39 is 35.3 Å². The fraction of sp³-hybridized carbons (Fsp3) is 0.167. The van der Waals surface area contributed by atoms with Gasteiger partial charge in [-0.1, -0.05) is 17.7 Å². The Labute approximate surface area is 180 Å². The van der Waals surface area contributed by atoms with Crippen molar-refractivity contribution in [1.82, 2.24) is 4.98 Å². The minimum Gasteiger partial charge on any atom is -0.481 e. The van der Waals surface area contributed by atoms with Crippen molar-refractivity contribution in [3.05, 3.63) is 89.5 Å². The highest BCUT2D eigenvalue weighted by Gasteiger charge is 2.30. The first-order chi connectivity index (χ1) is 15.0. The molecule has 3 nitrogen and oxygen atoms in total. The average Bonchev–Trinajstić information content (AvgIpc) is 2.71. The van der Waals surface area contributed by atoms with Crippen LogP contribution in [0.3, 0.4) is 0 Å². The van der Waals surface area contributed by atoms with Crippen molar-refractivity contribution in [2.45, 2.75) is 25.4 Å². The largest absolute Gasteiger partial charge is 0.481 e. The van der Waals surface area contributed by atoms with Gasteiger partial charge in [0.25, 0.3) is 0 Å². The van der Waals surface area contributed by atoms with Gasteiger partial charge in [-0.3, -0.25) is 4.79 Å². The molecule has 1 heterocycles. The molecule has 1 aromatic heterocycles. The topological polar surface area (TPSA) is 50.2 Å². The summed E-state index contributed by atoms with van der Waals surface area (Å²) in [6.07, 6.45) is -4.43. The van der Waals surface area contributed by atoms with Crippen LogP contribution in [-0.4, -0.2) is 16.1 Å². The van der Waals surface area contributed by atoms with Crippen LogP contribution in [0.25, 0.3) is 22.5 Å². The highest BCUT2D eigenvalue weighted by atomic mass is 19.4.